The lowest BCUT2D eigenvalue weighted by molar-refractivity contribution is -0.126. The summed E-state index contributed by atoms with van der Waals surface area (Å²) in [6, 6.07) is 8.09. The third-order valence-electron chi connectivity index (χ3n) is 5.44. The van der Waals surface area contributed by atoms with Gasteiger partial charge in [0.25, 0.3) is 0 Å². The van der Waals surface area contributed by atoms with Gasteiger partial charge in [0.2, 0.25) is 14.1 Å². The normalized spacial score (nSPS) is 25.2. The van der Waals surface area contributed by atoms with Gasteiger partial charge in [0.15, 0.2) is 11.3 Å². The number of ketones is 1. The van der Waals surface area contributed by atoms with Crippen molar-refractivity contribution in [2.75, 3.05) is 6.61 Å². The van der Waals surface area contributed by atoms with Crippen LogP contribution in [0.3, 0.4) is 0 Å². The molecule has 24 heavy (non-hydrogen) atoms. The summed E-state index contributed by atoms with van der Waals surface area (Å²) in [5.41, 5.74) is 5.82. The van der Waals surface area contributed by atoms with Gasteiger partial charge in [-0.3, -0.25) is 4.79 Å². The average Bonchev–Trinajstić information content (AvgIpc) is 3.38. The topological polar surface area (TPSA) is 82.7 Å². The zero-order chi connectivity index (χ0) is 17.8. The minimum Gasteiger partial charge on any atom is -0.544 e. The number of nitrogens with one attached hydrogen (secondary N) is 2. The van der Waals surface area contributed by atoms with E-state index in [0.717, 1.165) is 11.3 Å². The van der Waals surface area contributed by atoms with E-state index in [1.807, 2.05) is 31.2 Å². The maximum absolute atomic E-state index is 12.5. The number of rotatable bonds is 6. The van der Waals surface area contributed by atoms with Crippen molar-refractivity contribution < 1.29 is 14.0 Å². The number of hydrogen-bond donors (Lipinski definition) is 2. The summed E-state index contributed by atoms with van der Waals surface area (Å²) < 4.78 is 11.6. The van der Waals surface area contributed by atoms with Crippen LogP contribution in [0, 0.1) is 0 Å². The minimum atomic E-state index is -1.83. The van der Waals surface area contributed by atoms with Crippen LogP contribution in [0.4, 0.5) is 0 Å². The number of hydrogen-bond acceptors (Lipinski definition) is 5. The zero-order valence-corrected chi connectivity index (χ0v) is 16.4. The fourth-order valence-corrected chi connectivity index (χ4v) is 3.51. The van der Waals surface area contributed by atoms with Crippen LogP contribution < -0.4 is 15.3 Å². The summed E-state index contributed by atoms with van der Waals surface area (Å²) in [7, 11) is -1.83. The van der Waals surface area contributed by atoms with Gasteiger partial charge in [0, 0.05) is 6.42 Å². The third kappa shape index (κ3) is 3.28. The number of benzene rings is 1. The van der Waals surface area contributed by atoms with Crippen LogP contribution in [0.15, 0.2) is 24.3 Å². The molecule has 2 heterocycles. The van der Waals surface area contributed by atoms with Crippen LogP contribution in [0.2, 0.25) is 18.1 Å². The molecule has 0 spiro atoms. The molecule has 5 nitrogen and oxygen atoms in total. The van der Waals surface area contributed by atoms with Gasteiger partial charge in [-0.15, -0.1) is 0 Å². The summed E-state index contributed by atoms with van der Waals surface area (Å²) in [5, 5.41) is 0.170. The number of carbonyl (C=O) groups is 1. The van der Waals surface area contributed by atoms with Gasteiger partial charge in [0.05, 0.1) is 6.61 Å². The molecule has 1 unspecified atom stereocenters. The Hall–Kier alpha value is -1.21. The first-order chi connectivity index (χ1) is 11.0. The second-order valence-corrected chi connectivity index (χ2v) is 13.4. The standard InChI is InChI=1S/C18H28N2O3Si/c1-16(2,3)24(5,6)23-14-9-7-13(8-10-14)11-18(19-20-18)15(21)17(4)12-22-17/h7-10,19-20H,11-12H2,1-6H3. The molecular formula is C18H28N2O3Si. The van der Waals surface area contributed by atoms with E-state index < -0.39 is 19.6 Å². The molecular weight excluding hydrogens is 320 g/mol. The van der Waals surface area contributed by atoms with Crippen molar-refractivity contribution in [3.05, 3.63) is 29.8 Å². The first-order valence-corrected chi connectivity index (χ1v) is 11.4. The first kappa shape index (κ1) is 17.6. The predicted octanol–water partition coefficient (Wildman–Crippen LogP) is 2.78. The Labute approximate surface area is 145 Å². The average molecular weight is 349 g/mol. The highest BCUT2D eigenvalue weighted by Gasteiger charge is 2.61. The SMILES string of the molecule is CC1(C(=O)C2(Cc3ccc(O[Si](C)(C)C(C)(C)C)cc3)NN2)CO1. The zero-order valence-electron chi connectivity index (χ0n) is 15.4. The quantitative estimate of drug-likeness (QED) is 0.610. The van der Waals surface area contributed by atoms with Crippen molar-refractivity contribution in [2.24, 2.45) is 0 Å². The fourth-order valence-electron chi connectivity index (χ4n) is 2.48. The molecule has 0 aliphatic carbocycles. The summed E-state index contributed by atoms with van der Waals surface area (Å²) >= 11 is 0. The lowest BCUT2D eigenvalue weighted by Crippen LogP contribution is -2.43. The van der Waals surface area contributed by atoms with Crippen LogP contribution in [0.1, 0.15) is 33.3 Å². The van der Waals surface area contributed by atoms with Gasteiger partial charge in [-0.1, -0.05) is 32.9 Å². The van der Waals surface area contributed by atoms with Crippen LogP contribution >= 0.6 is 0 Å². The van der Waals surface area contributed by atoms with Gasteiger partial charge in [-0.2, -0.15) is 0 Å². The molecule has 0 radical (unpaired) electrons. The molecule has 132 valence electrons. The van der Waals surface area contributed by atoms with E-state index in [1.54, 1.807) is 0 Å². The Morgan fingerprint density at radius 2 is 1.79 bits per heavy atom. The Morgan fingerprint density at radius 1 is 1.25 bits per heavy atom. The van der Waals surface area contributed by atoms with E-state index in [4.69, 9.17) is 9.16 Å². The van der Waals surface area contributed by atoms with E-state index in [-0.39, 0.29) is 10.8 Å². The number of ether oxygens (including phenoxy) is 1. The van der Waals surface area contributed by atoms with Crippen molar-refractivity contribution >= 4 is 14.1 Å². The summed E-state index contributed by atoms with van der Waals surface area (Å²) in [4.78, 5) is 12.5. The van der Waals surface area contributed by atoms with E-state index in [2.05, 4.69) is 44.7 Å². The van der Waals surface area contributed by atoms with Gasteiger partial charge < -0.3 is 9.16 Å². The van der Waals surface area contributed by atoms with Crippen molar-refractivity contribution in [2.45, 2.75) is 63.5 Å². The summed E-state index contributed by atoms with van der Waals surface area (Å²) in [6.45, 7) is 13.5. The summed E-state index contributed by atoms with van der Waals surface area (Å²) in [5.74, 6) is 0.983. The van der Waals surface area contributed by atoms with E-state index in [9.17, 15) is 4.79 Å². The molecule has 1 atom stereocenters. The molecule has 0 bridgehead atoms. The molecule has 0 aromatic heterocycles. The monoisotopic (exact) mass is 348 g/mol. The van der Waals surface area contributed by atoms with E-state index >= 15 is 0 Å². The highest BCUT2D eigenvalue weighted by molar-refractivity contribution is 6.74. The van der Waals surface area contributed by atoms with Gasteiger partial charge in [0.1, 0.15) is 5.75 Å². The number of epoxide rings is 1. The fraction of sp³-hybridized carbons (Fsp3) is 0.611. The lowest BCUT2D eigenvalue weighted by Gasteiger charge is -2.36. The molecule has 2 fully saturated rings. The molecule has 2 saturated heterocycles. The van der Waals surface area contributed by atoms with Crippen LogP contribution in [0.5, 0.6) is 5.75 Å². The maximum Gasteiger partial charge on any atom is 0.250 e. The second kappa shape index (κ2) is 5.39. The van der Waals surface area contributed by atoms with Crippen molar-refractivity contribution in [1.29, 1.82) is 0 Å². The molecule has 2 aliphatic heterocycles. The smallest absolute Gasteiger partial charge is 0.250 e. The summed E-state index contributed by atoms with van der Waals surface area (Å²) in [6.07, 6.45) is 0.602. The first-order valence-electron chi connectivity index (χ1n) is 8.49. The number of carbonyl (C=O) groups excluding carboxylic acids is 1. The van der Waals surface area contributed by atoms with E-state index in [1.165, 1.54) is 0 Å². The van der Waals surface area contributed by atoms with Crippen LogP contribution in [-0.4, -0.2) is 32.0 Å². The van der Waals surface area contributed by atoms with E-state index in [0.29, 0.717) is 13.0 Å². The molecule has 6 heteroatoms. The van der Waals surface area contributed by atoms with Gasteiger partial charge in [-0.05, 0) is 42.8 Å². The van der Waals surface area contributed by atoms with Crippen LogP contribution in [0.25, 0.3) is 0 Å². The van der Waals surface area contributed by atoms with Crippen molar-refractivity contribution in [1.82, 2.24) is 10.9 Å². The molecule has 1 aromatic carbocycles. The maximum atomic E-state index is 12.5. The molecule has 2 aliphatic rings. The Balaban J connectivity index is 1.66. The van der Waals surface area contributed by atoms with Crippen LogP contribution in [-0.2, 0) is 16.0 Å². The lowest BCUT2D eigenvalue weighted by atomic mass is 9.92. The Bertz CT molecular complexity index is 641. The third-order valence-corrected chi connectivity index (χ3v) is 9.80. The van der Waals surface area contributed by atoms with Gasteiger partial charge in [-0.25, -0.2) is 10.9 Å². The molecule has 0 saturated carbocycles. The number of Topliss-reactive ketones (excluding diaryl/α,β-unsaturated/α-hetero) is 1. The number of hydrazine groups is 1. The molecule has 3 rings (SSSR count). The van der Waals surface area contributed by atoms with Crippen molar-refractivity contribution in [3.8, 4) is 5.75 Å². The molecule has 2 N–H and O–H groups in total. The Kier molecular flexibility index (Phi) is 3.95. The molecule has 1 aromatic rings. The second-order valence-electron chi connectivity index (χ2n) is 8.69. The van der Waals surface area contributed by atoms with Gasteiger partial charge >= 0.3 is 0 Å². The largest absolute Gasteiger partial charge is 0.544 e. The minimum absolute atomic E-state index is 0.0802. The highest BCUT2D eigenvalue weighted by Crippen LogP contribution is 2.38. The Morgan fingerprint density at radius 3 is 2.21 bits per heavy atom. The molecule has 0 amide bonds. The highest BCUT2D eigenvalue weighted by atomic mass is 28.4. The van der Waals surface area contributed by atoms with Crippen molar-refractivity contribution in [3.63, 3.8) is 0 Å². The predicted molar refractivity (Wildman–Crippen MR) is 96.3 cm³/mol.